The SMILES string of the molecule is CCCCCCCCCC(=O)OC(CCCCCCCC(=O)O)C(O)CCCCCCCC. The van der Waals surface area contributed by atoms with Crippen molar-refractivity contribution >= 4 is 11.9 Å². The van der Waals surface area contributed by atoms with Crippen LogP contribution in [0.1, 0.15) is 155 Å². The van der Waals surface area contributed by atoms with Crippen LogP contribution in [0.25, 0.3) is 0 Å². The topological polar surface area (TPSA) is 83.8 Å². The van der Waals surface area contributed by atoms with Crippen molar-refractivity contribution < 1.29 is 24.5 Å². The number of carboxylic acids is 1. The van der Waals surface area contributed by atoms with Gasteiger partial charge in [0.05, 0.1) is 6.10 Å². The number of aliphatic carboxylic acids is 1. The van der Waals surface area contributed by atoms with Gasteiger partial charge in [-0.1, -0.05) is 110 Å². The van der Waals surface area contributed by atoms with Crippen LogP contribution in [0.5, 0.6) is 0 Å². The summed E-state index contributed by atoms with van der Waals surface area (Å²) in [4.78, 5) is 23.0. The summed E-state index contributed by atoms with van der Waals surface area (Å²) in [6.07, 6.45) is 20.8. The summed E-state index contributed by atoms with van der Waals surface area (Å²) in [7, 11) is 0. The largest absolute Gasteiger partial charge is 0.481 e. The number of aliphatic hydroxyl groups excluding tert-OH is 1. The van der Waals surface area contributed by atoms with Crippen molar-refractivity contribution in [2.24, 2.45) is 0 Å². The Bertz CT molecular complexity index is 452. The third-order valence-electron chi connectivity index (χ3n) is 6.43. The predicted octanol–water partition coefficient (Wildman–Crippen LogP) is 7.97. The number of carbonyl (C=O) groups excluding carboxylic acids is 1. The normalized spacial score (nSPS) is 13.1. The third-order valence-corrected chi connectivity index (χ3v) is 6.43. The molecule has 0 radical (unpaired) electrons. The van der Waals surface area contributed by atoms with Crippen molar-refractivity contribution in [3.05, 3.63) is 0 Å². The lowest BCUT2D eigenvalue weighted by molar-refractivity contribution is -0.156. The smallest absolute Gasteiger partial charge is 0.306 e. The van der Waals surface area contributed by atoms with Gasteiger partial charge in [0.1, 0.15) is 6.10 Å². The molecule has 0 aliphatic rings. The molecule has 0 rings (SSSR count). The van der Waals surface area contributed by atoms with Crippen LogP contribution in [0.4, 0.5) is 0 Å². The summed E-state index contributed by atoms with van der Waals surface area (Å²) in [6.45, 7) is 4.42. The van der Waals surface area contributed by atoms with Crippen LogP contribution in [0.15, 0.2) is 0 Å². The maximum absolute atomic E-state index is 12.4. The van der Waals surface area contributed by atoms with Crippen LogP contribution in [-0.4, -0.2) is 34.4 Å². The molecule has 2 atom stereocenters. The maximum atomic E-state index is 12.4. The highest BCUT2D eigenvalue weighted by Gasteiger charge is 2.22. The quantitative estimate of drug-likeness (QED) is 0.104. The molecule has 0 aromatic carbocycles. The van der Waals surface area contributed by atoms with Crippen LogP contribution >= 0.6 is 0 Å². The Balaban J connectivity index is 4.25. The van der Waals surface area contributed by atoms with Gasteiger partial charge in [-0.2, -0.15) is 0 Å². The first-order chi connectivity index (χ1) is 16.0. The molecule has 2 unspecified atom stereocenters. The van der Waals surface area contributed by atoms with Gasteiger partial charge >= 0.3 is 11.9 Å². The number of aliphatic hydroxyl groups is 1. The summed E-state index contributed by atoms with van der Waals surface area (Å²) in [5.41, 5.74) is 0. The Hall–Kier alpha value is -1.10. The van der Waals surface area contributed by atoms with Gasteiger partial charge in [0.15, 0.2) is 0 Å². The minimum atomic E-state index is -0.735. The van der Waals surface area contributed by atoms with Gasteiger partial charge in [-0.05, 0) is 32.1 Å². The summed E-state index contributed by atoms with van der Waals surface area (Å²) in [6, 6.07) is 0. The van der Waals surface area contributed by atoms with Crippen molar-refractivity contribution in [2.45, 2.75) is 167 Å². The van der Waals surface area contributed by atoms with Gasteiger partial charge < -0.3 is 14.9 Å². The molecular formula is C28H54O5. The number of rotatable bonds is 25. The number of ether oxygens (including phenoxy) is 1. The molecule has 196 valence electrons. The molecule has 5 nitrogen and oxygen atoms in total. The Labute approximate surface area is 204 Å². The highest BCUT2D eigenvalue weighted by Crippen LogP contribution is 2.19. The molecule has 0 spiro atoms. The van der Waals surface area contributed by atoms with E-state index in [2.05, 4.69) is 13.8 Å². The van der Waals surface area contributed by atoms with E-state index in [-0.39, 0.29) is 12.4 Å². The second-order valence-corrected chi connectivity index (χ2v) is 9.72. The molecule has 0 amide bonds. The van der Waals surface area contributed by atoms with Gasteiger partial charge in [0, 0.05) is 12.8 Å². The van der Waals surface area contributed by atoms with E-state index >= 15 is 0 Å². The molecule has 0 heterocycles. The monoisotopic (exact) mass is 470 g/mol. The fourth-order valence-electron chi connectivity index (χ4n) is 4.26. The summed E-state index contributed by atoms with van der Waals surface area (Å²) >= 11 is 0. The van der Waals surface area contributed by atoms with Crippen molar-refractivity contribution in [1.29, 1.82) is 0 Å². The third kappa shape index (κ3) is 22.5. The zero-order chi connectivity index (χ0) is 24.6. The lowest BCUT2D eigenvalue weighted by Gasteiger charge is -2.23. The van der Waals surface area contributed by atoms with E-state index in [0.29, 0.717) is 25.7 Å². The molecule has 0 fully saturated rings. The minimum absolute atomic E-state index is 0.169. The van der Waals surface area contributed by atoms with Crippen LogP contribution in [0.2, 0.25) is 0 Å². The molecular weight excluding hydrogens is 416 g/mol. The van der Waals surface area contributed by atoms with E-state index in [0.717, 1.165) is 51.4 Å². The van der Waals surface area contributed by atoms with E-state index in [4.69, 9.17) is 9.84 Å². The first kappa shape index (κ1) is 31.9. The Kier molecular flexibility index (Phi) is 23.2. The van der Waals surface area contributed by atoms with E-state index in [9.17, 15) is 14.7 Å². The molecule has 0 aromatic rings. The molecule has 2 N–H and O–H groups in total. The van der Waals surface area contributed by atoms with Gasteiger partial charge in [-0.15, -0.1) is 0 Å². The summed E-state index contributed by atoms with van der Waals surface area (Å²) in [5, 5.41) is 19.4. The number of carbonyl (C=O) groups is 2. The fourth-order valence-corrected chi connectivity index (χ4v) is 4.26. The predicted molar refractivity (Wildman–Crippen MR) is 136 cm³/mol. The van der Waals surface area contributed by atoms with Gasteiger partial charge in [-0.25, -0.2) is 0 Å². The second-order valence-electron chi connectivity index (χ2n) is 9.72. The molecule has 0 saturated heterocycles. The maximum Gasteiger partial charge on any atom is 0.306 e. The van der Waals surface area contributed by atoms with Gasteiger partial charge in [0.25, 0.3) is 0 Å². The van der Waals surface area contributed by atoms with Crippen LogP contribution < -0.4 is 0 Å². The fraction of sp³-hybridized carbons (Fsp3) is 0.929. The highest BCUT2D eigenvalue weighted by atomic mass is 16.6. The van der Waals surface area contributed by atoms with Crippen LogP contribution in [-0.2, 0) is 14.3 Å². The zero-order valence-corrected chi connectivity index (χ0v) is 21.8. The number of hydrogen-bond acceptors (Lipinski definition) is 4. The van der Waals surface area contributed by atoms with Crippen molar-refractivity contribution in [3.8, 4) is 0 Å². The van der Waals surface area contributed by atoms with E-state index in [1.165, 1.54) is 57.8 Å². The molecule has 0 aliphatic heterocycles. The molecule has 0 aromatic heterocycles. The number of hydrogen-bond donors (Lipinski definition) is 2. The number of carboxylic acid groups (broad SMARTS) is 1. The van der Waals surface area contributed by atoms with Crippen molar-refractivity contribution in [1.82, 2.24) is 0 Å². The minimum Gasteiger partial charge on any atom is -0.481 e. The Morgan fingerprint density at radius 2 is 1.03 bits per heavy atom. The van der Waals surface area contributed by atoms with E-state index < -0.39 is 18.2 Å². The molecule has 0 aliphatic carbocycles. The van der Waals surface area contributed by atoms with Gasteiger partial charge in [0.2, 0.25) is 0 Å². The van der Waals surface area contributed by atoms with E-state index in [1.807, 2.05) is 0 Å². The van der Waals surface area contributed by atoms with E-state index in [1.54, 1.807) is 0 Å². The van der Waals surface area contributed by atoms with Crippen LogP contribution in [0.3, 0.4) is 0 Å². The van der Waals surface area contributed by atoms with Crippen molar-refractivity contribution in [2.75, 3.05) is 0 Å². The number of esters is 1. The first-order valence-electron chi connectivity index (χ1n) is 14.1. The summed E-state index contributed by atoms with van der Waals surface area (Å²) < 4.78 is 5.75. The lowest BCUT2D eigenvalue weighted by atomic mass is 9.99. The Morgan fingerprint density at radius 3 is 1.55 bits per heavy atom. The van der Waals surface area contributed by atoms with Crippen molar-refractivity contribution in [3.63, 3.8) is 0 Å². The second kappa shape index (κ2) is 24.0. The zero-order valence-electron chi connectivity index (χ0n) is 21.8. The summed E-state index contributed by atoms with van der Waals surface area (Å²) in [5.74, 6) is -0.905. The average Bonchev–Trinajstić information content (AvgIpc) is 2.79. The van der Waals surface area contributed by atoms with Gasteiger partial charge in [-0.3, -0.25) is 9.59 Å². The van der Waals surface area contributed by atoms with Crippen LogP contribution in [0, 0.1) is 0 Å². The molecule has 5 heteroatoms. The molecule has 33 heavy (non-hydrogen) atoms. The Morgan fingerprint density at radius 1 is 0.606 bits per heavy atom. The lowest BCUT2D eigenvalue weighted by Crippen LogP contribution is -2.31. The standard InChI is InChI=1S/C28H54O5/c1-3-5-7-9-11-16-20-24-28(32)33-26(22-18-14-12-15-19-23-27(30)31)25(29)21-17-13-10-8-6-4-2/h25-26,29H,3-24H2,1-2H3,(H,30,31). The average molecular weight is 471 g/mol. The first-order valence-corrected chi connectivity index (χ1v) is 14.1. The number of unbranched alkanes of at least 4 members (excludes halogenated alkanes) is 15. The molecule has 0 saturated carbocycles. The molecule has 0 bridgehead atoms. The highest BCUT2D eigenvalue weighted by molar-refractivity contribution is 5.69.